The highest BCUT2D eigenvalue weighted by atomic mass is 16.5. The molecular weight excluding hydrogens is 320 g/mol. The number of hydrogen-bond acceptors (Lipinski definition) is 6. The molecule has 1 aliphatic rings. The van der Waals surface area contributed by atoms with Crippen LogP contribution in [0.2, 0.25) is 0 Å². The highest BCUT2D eigenvalue weighted by Gasteiger charge is 2.40. The third kappa shape index (κ3) is 10.5. The SMILES string of the molecule is CC.CC.CN.NC1C[C@H](O)C(OCCOCc2ccccc2)[C@@H]1O. The van der Waals surface area contributed by atoms with Crippen molar-refractivity contribution in [3.63, 3.8) is 0 Å². The first-order valence-corrected chi connectivity index (χ1v) is 9.11. The fourth-order valence-electron chi connectivity index (χ4n) is 2.24. The van der Waals surface area contributed by atoms with Gasteiger partial charge in [0.2, 0.25) is 0 Å². The van der Waals surface area contributed by atoms with E-state index in [4.69, 9.17) is 15.2 Å². The van der Waals surface area contributed by atoms with Crippen LogP contribution in [0.3, 0.4) is 0 Å². The van der Waals surface area contributed by atoms with Crippen molar-refractivity contribution in [1.29, 1.82) is 0 Å². The highest BCUT2D eigenvalue weighted by molar-refractivity contribution is 5.13. The van der Waals surface area contributed by atoms with Crippen LogP contribution in [0.15, 0.2) is 30.3 Å². The smallest absolute Gasteiger partial charge is 0.111 e. The summed E-state index contributed by atoms with van der Waals surface area (Å²) in [5.41, 5.74) is 11.2. The first kappa shape index (κ1) is 26.2. The lowest BCUT2D eigenvalue weighted by Crippen LogP contribution is -2.38. The fourth-order valence-corrected chi connectivity index (χ4v) is 2.24. The molecule has 0 bridgehead atoms. The van der Waals surface area contributed by atoms with Gasteiger partial charge in [-0.1, -0.05) is 58.0 Å². The Morgan fingerprint density at radius 3 is 2.04 bits per heavy atom. The largest absolute Gasteiger partial charge is 0.390 e. The monoisotopic (exact) mass is 358 g/mol. The van der Waals surface area contributed by atoms with Crippen LogP contribution in [-0.2, 0) is 16.1 Å². The van der Waals surface area contributed by atoms with Gasteiger partial charge in [-0.25, -0.2) is 0 Å². The Labute approximate surface area is 153 Å². The molecule has 0 aromatic heterocycles. The van der Waals surface area contributed by atoms with Crippen molar-refractivity contribution in [3.8, 4) is 0 Å². The maximum Gasteiger partial charge on any atom is 0.111 e. The van der Waals surface area contributed by atoms with Crippen LogP contribution in [0.25, 0.3) is 0 Å². The number of ether oxygens (including phenoxy) is 2. The van der Waals surface area contributed by atoms with Gasteiger partial charge in [-0.2, -0.15) is 0 Å². The van der Waals surface area contributed by atoms with Gasteiger partial charge in [0.1, 0.15) is 6.10 Å². The van der Waals surface area contributed by atoms with Crippen molar-refractivity contribution in [2.75, 3.05) is 20.3 Å². The second kappa shape index (κ2) is 17.8. The van der Waals surface area contributed by atoms with Gasteiger partial charge in [-0.15, -0.1) is 0 Å². The fraction of sp³-hybridized carbons (Fsp3) is 0.684. The van der Waals surface area contributed by atoms with Crippen molar-refractivity contribution in [1.82, 2.24) is 0 Å². The number of benzene rings is 1. The Balaban J connectivity index is 0. The maximum atomic E-state index is 9.71. The second-order valence-electron chi connectivity index (χ2n) is 4.83. The number of aliphatic hydroxyl groups excluding tert-OH is 2. The molecule has 0 aliphatic heterocycles. The molecule has 0 spiro atoms. The summed E-state index contributed by atoms with van der Waals surface area (Å²) in [5.74, 6) is 0. The molecule has 1 aliphatic carbocycles. The van der Waals surface area contributed by atoms with Crippen LogP contribution >= 0.6 is 0 Å². The van der Waals surface area contributed by atoms with E-state index < -0.39 is 24.4 Å². The van der Waals surface area contributed by atoms with E-state index >= 15 is 0 Å². The number of nitrogens with two attached hydrogens (primary N) is 2. The van der Waals surface area contributed by atoms with E-state index in [1.165, 1.54) is 7.05 Å². The summed E-state index contributed by atoms with van der Waals surface area (Å²) >= 11 is 0. The van der Waals surface area contributed by atoms with E-state index in [0.29, 0.717) is 26.2 Å². The molecule has 2 unspecified atom stereocenters. The normalized spacial score (nSPS) is 24.0. The van der Waals surface area contributed by atoms with Gasteiger partial charge in [0, 0.05) is 6.04 Å². The molecule has 6 nitrogen and oxygen atoms in total. The Bertz CT molecular complexity index is 379. The number of aliphatic hydroxyl groups is 2. The average Bonchev–Trinajstić information content (AvgIpc) is 2.93. The first-order valence-electron chi connectivity index (χ1n) is 9.11. The van der Waals surface area contributed by atoms with E-state index in [1.54, 1.807) is 0 Å². The van der Waals surface area contributed by atoms with Crippen LogP contribution in [0.5, 0.6) is 0 Å². The number of hydrogen-bond donors (Lipinski definition) is 4. The summed E-state index contributed by atoms with van der Waals surface area (Å²) in [5, 5.41) is 19.4. The summed E-state index contributed by atoms with van der Waals surface area (Å²) < 4.78 is 10.9. The van der Waals surface area contributed by atoms with Crippen LogP contribution in [-0.4, -0.2) is 54.8 Å². The average molecular weight is 359 g/mol. The summed E-state index contributed by atoms with van der Waals surface area (Å²) in [6.45, 7) is 9.28. The van der Waals surface area contributed by atoms with Gasteiger partial charge in [-0.05, 0) is 19.0 Å². The van der Waals surface area contributed by atoms with Gasteiger partial charge >= 0.3 is 0 Å². The molecule has 148 valence electrons. The molecule has 1 aromatic carbocycles. The lowest BCUT2D eigenvalue weighted by atomic mass is 10.2. The molecule has 6 N–H and O–H groups in total. The van der Waals surface area contributed by atoms with Crippen LogP contribution < -0.4 is 11.5 Å². The molecule has 0 saturated heterocycles. The molecule has 0 radical (unpaired) electrons. The van der Waals surface area contributed by atoms with Crippen LogP contribution in [0, 0.1) is 0 Å². The standard InChI is InChI=1S/C14H21NO4.2C2H6.CH5N/c15-11-8-12(16)14(13(11)17)19-7-6-18-9-10-4-2-1-3-5-10;3*1-2/h1-5,11-14,16-17H,6-9,15H2;2*1-2H3;2H2,1H3/t11?,12-,13+,14?;;;/m0.../s1. The molecular formula is C19H38N2O4. The van der Waals surface area contributed by atoms with Crippen molar-refractivity contribution < 1.29 is 19.7 Å². The molecule has 0 heterocycles. The third-order valence-corrected chi connectivity index (χ3v) is 3.32. The summed E-state index contributed by atoms with van der Waals surface area (Å²) in [4.78, 5) is 0. The quantitative estimate of drug-likeness (QED) is 0.576. The highest BCUT2D eigenvalue weighted by Crippen LogP contribution is 2.21. The minimum atomic E-state index is -0.802. The molecule has 2 rings (SSSR count). The second-order valence-corrected chi connectivity index (χ2v) is 4.83. The van der Waals surface area contributed by atoms with E-state index in [1.807, 2.05) is 58.0 Å². The molecule has 1 saturated carbocycles. The molecule has 1 aromatic rings. The third-order valence-electron chi connectivity index (χ3n) is 3.32. The van der Waals surface area contributed by atoms with Crippen molar-refractivity contribution in [2.24, 2.45) is 11.5 Å². The maximum absolute atomic E-state index is 9.71. The molecule has 4 atom stereocenters. The Morgan fingerprint density at radius 2 is 1.56 bits per heavy atom. The minimum absolute atomic E-state index is 0.332. The van der Waals surface area contributed by atoms with E-state index in [-0.39, 0.29) is 0 Å². The van der Waals surface area contributed by atoms with Crippen molar-refractivity contribution in [3.05, 3.63) is 35.9 Å². The minimum Gasteiger partial charge on any atom is -0.390 e. The Hall–Kier alpha value is -1.02. The number of rotatable bonds is 6. The zero-order chi connectivity index (χ0) is 19.7. The topological polar surface area (TPSA) is 111 Å². The lowest BCUT2D eigenvalue weighted by molar-refractivity contribution is -0.0843. The molecule has 0 amide bonds. The predicted octanol–water partition coefficient (Wildman–Crippen LogP) is 1.67. The Kier molecular flexibility index (Phi) is 18.7. The zero-order valence-corrected chi connectivity index (χ0v) is 16.4. The van der Waals surface area contributed by atoms with E-state index in [2.05, 4.69) is 5.73 Å². The van der Waals surface area contributed by atoms with Gasteiger partial charge < -0.3 is 31.2 Å². The summed E-state index contributed by atoms with van der Waals surface area (Å²) in [6, 6.07) is 9.45. The van der Waals surface area contributed by atoms with Gasteiger partial charge in [0.15, 0.2) is 0 Å². The molecule has 1 fully saturated rings. The molecule has 6 heteroatoms. The van der Waals surface area contributed by atoms with Crippen molar-refractivity contribution in [2.45, 2.75) is 65.1 Å². The summed E-state index contributed by atoms with van der Waals surface area (Å²) in [6.07, 6.45) is -1.73. The van der Waals surface area contributed by atoms with Gasteiger partial charge in [0.25, 0.3) is 0 Å². The van der Waals surface area contributed by atoms with Crippen LogP contribution in [0.1, 0.15) is 39.7 Å². The Morgan fingerprint density at radius 1 is 1.00 bits per heavy atom. The van der Waals surface area contributed by atoms with E-state index in [0.717, 1.165) is 5.56 Å². The van der Waals surface area contributed by atoms with E-state index in [9.17, 15) is 10.2 Å². The van der Waals surface area contributed by atoms with Gasteiger partial charge in [0.05, 0.1) is 32.0 Å². The van der Waals surface area contributed by atoms with Crippen molar-refractivity contribution >= 4 is 0 Å². The zero-order valence-electron chi connectivity index (χ0n) is 16.4. The van der Waals surface area contributed by atoms with Crippen LogP contribution in [0.4, 0.5) is 0 Å². The predicted molar refractivity (Wildman–Crippen MR) is 103 cm³/mol. The summed E-state index contributed by atoms with van der Waals surface area (Å²) in [7, 11) is 1.50. The molecule has 25 heavy (non-hydrogen) atoms. The lowest BCUT2D eigenvalue weighted by Gasteiger charge is -2.19. The first-order chi connectivity index (χ1) is 12.2. The van der Waals surface area contributed by atoms with Gasteiger partial charge in [-0.3, -0.25) is 0 Å².